The van der Waals surface area contributed by atoms with Gasteiger partial charge in [-0.25, -0.2) is 8.78 Å². The Morgan fingerprint density at radius 1 is 1.17 bits per heavy atom. The minimum Gasteiger partial charge on any atom is -0.313 e. The zero-order valence-corrected chi connectivity index (χ0v) is 10.8. The monoisotopic (exact) mass is 251 g/mol. The smallest absolute Gasteiger partial charge is 0.163 e. The molecule has 3 atom stereocenters. The molecule has 1 nitrogen and oxygen atoms in total. The van der Waals surface area contributed by atoms with E-state index < -0.39 is 11.6 Å². The summed E-state index contributed by atoms with van der Waals surface area (Å²) in [5.41, 5.74) is 0.877. The SMILES string of the molecule is CNC(c1ccc(C)c(F)c1F)C1C2CCCC21. The van der Waals surface area contributed by atoms with Gasteiger partial charge in [-0.1, -0.05) is 18.6 Å². The molecule has 2 aliphatic rings. The molecule has 2 aliphatic carbocycles. The summed E-state index contributed by atoms with van der Waals surface area (Å²) < 4.78 is 27.7. The van der Waals surface area contributed by atoms with Crippen LogP contribution >= 0.6 is 0 Å². The first kappa shape index (κ1) is 12.1. The molecular formula is C15H19F2N. The van der Waals surface area contributed by atoms with E-state index >= 15 is 0 Å². The third-order valence-corrected chi connectivity index (χ3v) is 4.81. The Morgan fingerprint density at radius 2 is 1.83 bits per heavy atom. The molecule has 0 radical (unpaired) electrons. The average molecular weight is 251 g/mol. The molecule has 0 heterocycles. The number of halogens is 2. The molecule has 18 heavy (non-hydrogen) atoms. The maximum Gasteiger partial charge on any atom is 0.163 e. The van der Waals surface area contributed by atoms with Crippen molar-refractivity contribution in [3.8, 4) is 0 Å². The minimum absolute atomic E-state index is 0.0320. The van der Waals surface area contributed by atoms with Gasteiger partial charge in [-0.15, -0.1) is 0 Å². The number of hydrogen-bond acceptors (Lipinski definition) is 1. The molecule has 1 aromatic carbocycles. The van der Waals surface area contributed by atoms with Crippen LogP contribution in [0.25, 0.3) is 0 Å². The van der Waals surface area contributed by atoms with Crippen LogP contribution in [0.5, 0.6) is 0 Å². The van der Waals surface area contributed by atoms with Crippen molar-refractivity contribution in [2.24, 2.45) is 17.8 Å². The highest BCUT2D eigenvalue weighted by molar-refractivity contribution is 5.30. The van der Waals surface area contributed by atoms with Gasteiger partial charge >= 0.3 is 0 Å². The Bertz CT molecular complexity index is 462. The third kappa shape index (κ3) is 1.68. The second-order valence-electron chi connectivity index (χ2n) is 5.70. The van der Waals surface area contributed by atoms with Crippen LogP contribution in [0.2, 0.25) is 0 Å². The molecule has 0 amide bonds. The van der Waals surface area contributed by atoms with E-state index in [2.05, 4.69) is 5.32 Å². The van der Waals surface area contributed by atoms with Gasteiger partial charge in [0.05, 0.1) is 0 Å². The molecule has 3 rings (SSSR count). The number of benzene rings is 1. The molecule has 98 valence electrons. The van der Waals surface area contributed by atoms with Crippen LogP contribution in [0.3, 0.4) is 0 Å². The topological polar surface area (TPSA) is 12.0 Å². The standard InChI is InChI=1S/C15H19F2N/c1-8-6-7-11(14(17)13(8)16)15(18-2)12-9-4-3-5-10(9)12/h6-7,9-10,12,15,18H,3-5H2,1-2H3. The second kappa shape index (κ2) is 4.30. The lowest BCUT2D eigenvalue weighted by molar-refractivity contribution is 0.413. The van der Waals surface area contributed by atoms with E-state index in [4.69, 9.17) is 0 Å². The molecule has 2 saturated carbocycles. The Balaban J connectivity index is 1.91. The van der Waals surface area contributed by atoms with Gasteiger partial charge in [0.2, 0.25) is 0 Å². The van der Waals surface area contributed by atoms with E-state index in [1.54, 1.807) is 19.1 Å². The third-order valence-electron chi connectivity index (χ3n) is 4.81. The lowest BCUT2D eigenvalue weighted by Gasteiger charge is -2.20. The fraction of sp³-hybridized carbons (Fsp3) is 0.600. The Hall–Kier alpha value is -0.960. The summed E-state index contributed by atoms with van der Waals surface area (Å²) in [7, 11) is 1.84. The van der Waals surface area contributed by atoms with E-state index in [1.165, 1.54) is 19.3 Å². The maximum absolute atomic E-state index is 14.0. The van der Waals surface area contributed by atoms with Crippen molar-refractivity contribution < 1.29 is 8.78 Å². The summed E-state index contributed by atoms with van der Waals surface area (Å²) in [5.74, 6) is 0.593. The number of hydrogen-bond donors (Lipinski definition) is 1. The van der Waals surface area contributed by atoms with Crippen molar-refractivity contribution in [3.05, 3.63) is 34.9 Å². The van der Waals surface area contributed by atoms with Gasteiger partial charge < -0.3 is 5.32 Å². The highest BCUT2D eigenvalue weighted by atomic mass is 19.2. The van der Waals surface area contributed by atoms with Gasteiger partial charge in [0, 0.05) is 11.6 Å². The van der Waals surface area contributed by atoms with Crippen molar-refractivity contribution >= 4 is 0 Å². The molecule has 2 fully saturated rings. The Labute approximate surface area is 107 Å². The van der Waals surface area contributed by atoms with Crippen molar-refractivity contribution in [1.29, 1.82) is 0 Å². The van der Waals surface area contributed by atoms with E-state index in [0.717, 1.165) is 11.8 Å². The number of rotatable bonds is 3. The molecule has 0 aliphatic heterocycles. The van der Waals surface area contributed by atoms with Crippen molar-refractivity contribution in [1.82, 2.24) is 5.32 Å². The lowest BCUT2D eigenvalue weighted by atomic mass is 9.95. The summed E-state index contributed by atoms with van der Waals surface area (Å²) in [4.78, 5) is 0. The van der Waals surface area contributed by atoms with Crippen molar-refractivity contribution in [2.75, 3.05) is 7.05 Å². The first-order valence-corrected chi connectivity index (χ1v) is 6.77. The number of aryl methyl sites for hydroxylation is 1. The van der Waals surface area contributed by atoms with Crippen LogP contribution in [0.15, 0.2) is 12.1 Å². The minimum atomic E-state index is -0.696. The number of fused-ring (bicyclic) bond motifs is 1. The van der Waals surface area contributed by atoms with Crippen LogP contribution in [-0.2, 0) is 0 Å². The van der Waals surface area contributed by atoms with Crippen molar-refractivity contribution in [2.45, 2.75) is 32.2 Å². The molecule has 0 saturated heterocycles. The highest BCUT2D eigenvalue weighted by Crippen LogP contribution is 2.62. The zero-order valence-electron chi connectivity index (χ0n) is 10.8. The largest absolute Gasteiger partial charge is 0.313 e. The number of nitrogens with one attached hydrogen (secondary N) is 1. The van der Waals surface area contributed by atoms with Gasteiger partial charge in [0.1, 0.15) is 0 Å². The first-order chi connectivity index (χ1) is 8.65. The summed E-state index contributed by atoms with van der Waals surface area (Å²) in [6.45, 7) is 1.60. The van der Waals surface area contributed by atoms with E-state index in [9.17, 15) is 8.78 Å². The van der Waals surface area contributed by atoms with Gasteiger partial charge in [-0.3, -0.25) is 0 Å². The van der Waals surface area contributed by atoms with Crippen LogP contribution in [-0.4, -0.2) is 7.05 Å². The normalized spacial score (nSPS) is 31.2. The summed E-state index contributed by atoms with van der Waals surface area (Å²) >= 11 is 0. The Kier molecular flexibility index (Phi) is 2.89. The van der Waals surface area contributed by atoms with Crippen molar-refractivity contribution in [3.63, 3.8) is 0 Å². The molecule has 3 heteroatoms. The molecule has 0 spiro atoms. The first-order valence-electron chi connectivity index (χ1n) is 6.77. The lowest BCUT2D eigenvalue weighted by Crippen LogP contribution is -2.22. The van der Waals surface area contributed by atoms with E-state index in [0.29, 0.717) is 17.0 Å². The average Bonchev–Trinajstić information content (AvgIpc) is 2.84. The van der Waals surface area contributed by atoms with Crippen LogP contribution in [0.1, 0.15) is 36.4 Å². The molecular weight excluding hydrogens is 232 g/mol. The van der Waals surface area contributed by atoms with Crippen LogP contribution in [0, 0.1) is 36.3 Å². The molecule has 0 aromatic heterocycles. The van der Waals surface area contributed by atoms with Gasteiger partial charge in [0.25, 0.3) is 0 Å². The fourth-order valence-electron chi connectivity index (χ4n) is 3.83. The predicted molar refractivity (Wildman–Crippen MR) is 67.2 cm³/mol. The highest BCUT2D eigenvalue weighted by Gasteiger charge is 2.56. The summed E-state index contributed by atoms with van der Waals surface area (Å²) in [5, 5.41) is 3.19. The van der Waals surface area contributed by atoms with E-state index in [-0.39, 0.29) is 6.04 Å². The van der Waals surface area contributed by atoms with E-state index in [1.807, 2.05) is 7.05 Å². The van der Waals surface area contributed by atoms with Crippen LogP contribution < -0.4 is 5.32 Å². The molecule has 3 unspecified atom stereocenters. The maximum atomic E-state index is 14.0. The van der Waals surface area contributed by atoms with Crippen LogP contribution in [0.4, 0.5) is 8.78 Å². The van der Waals surface area contributed by atoms with Gasteiger partial charge in [-0.2, -0.15) is 0 Å². The summed E-state index contributed by atoms with van der Waals surface area (Å²) in [6, 6.07) is 3.38. The zero-order chi connectivity index (χ0) is 12.9. The quantitative estimate of drug-likeness (QED) is 0.865. The van der Waals surface area contributed by atoms with Gasteiger partial charge in [-0.05, 0) is 50.1 Å². The van der Waals surface area contributed by atoms with Gasteiger partial charge in [0.15, 0.2) is 11.6 Å². The fourth-order valence-corrected chi connectivity index (χ4v) is 3.83. The molecule has 1 aromatic rings. The Morgan fingerprint density at radius 3 is 2.44 bits per heavy atom. The molecule has 0 bridgehead atoms. The second-order valence-corrected chi connectivity index (χ2v) is 5.70. The molecule has 1 N–H and O–H groups in total. The summed E-state index contributed by atoms with van der Waals surface area (Å²) in [6.07, 6.45) is 3.81. The predicted octanol–water partition coefficient (Wildman–Crippen LogP) is 3.58.